The summed E-state index contributed by atoms with van der Waals surface area (Å²) in [7, 11) is 0. The number of hydrogen-bond donors (Lipinski definition) is 1. The van der Waals surface area contributed by atoms with E-state index < -0.39 is 0 Å². The first-order chi connectivity index (χ1) is 10.1. The molecule has 3 aromatic rings. The predicted octanol–water partition coefficient (Wildman–Crippen LogP) is 3.54. The molecule has 1 N–H and O–H groups in total. The van der Waals surface area contributed by atoms with Gasteiger partial charge in [0.2, 0.25) is 0 Å². The number of nitrogens with one attached hydrogen (secondary N) is 1. The van der Waals surface area contributed by atoms with Gasteiger partial charge < -0.3 is 5.32 Å². The number of rotatable bonds is 4. The first-order valence-corrected chi connectivity index (χ1v) is 7.34. The molecule has 0 saturated heterocycles. The van der Waals surface area contributed by atoms with Crippen molar-refractivity contribution >= 4 is 37.6 Å². The van der Waals surface area contributed by atoms with Crippen LogP contribution in [0.3, 0.4) is 0 Å². The van der Waals surface area contributed by atoms with E-state index in [9.17, 15) is 4.39 Å². The van der Waals surface area contributed by atoms with Crippen molar-refractivity contribution in [3.05, 3.63) is 30.0 Å². The molecular formula is C14H14FN5S. The van der Waals surface area contributed by atoms with Crippen molar-refractivity contribution in [1.82, 2.24) is 20.2 Å². The highest BCUT2D eigenvalue weighted by Crippen LogP contribution is 2.36. The van der Waals surface area contributed by atoms with Crippen LogP contribution in [0.15, 0.2) is 18.7 Å². The largest absolute Gasteiger partial charge is 0.368 e. The molecule has 3 aromatic heterocycles. The van der Waals surface area contributed by atoms with E-state index >= 15 is 0 Å². The van der Waals surface area contributed by atoms with Crippen LogP contribution in [0, 0.1) is 13.8 Å². The van der Waals surface area contributed by atoms with Crippen LogP contribution in [0.5, 0.6) is 0 Å². The fraction of sp³-hybridized carbons (Fsp3) is 0.286. The molecule has 0 aromatic carbocycles. The number of nitrogens with zero attached hydrogens (tertiary/aromatic N) is 4. The molecule has 0 atom stereocenters. The molecule has 21 heavy (non-hydrogen) atoms. The highest BCUT2D eigenvalue weighted by molar-refractivity contribution is 7.25. The highest BCUT2D eigenvalue weighted by Gasteiger charge is 2.15. The van der Waals surface area contributed by atoms with Crippen LogP contribution in [0.1, 0.15) is 17.7 Å². The molecule has 0 aliphatic heterocycles. The van der Waals surface area contributed by atoms with Crippen molar-refractivity contribution in [2.24, 2.45) is 0 Å². The van der Waals surface area contributed by atoms with Crippen LogP contribution in [0.4, 0.5) is 10.2 Å². The number of hydrogen-bond acceptors (Lipinski definition) is 6. The number of halogens is 1. The summed E-state index contributed by atoms with van der Waals surface area (Å²) < 4.78 is 13.6. The third-order valence-corrected chi connectivity index (χ3v) is 4.42. The molecule has 0 fully saturated rings. The number of aryl methyl sites for hydroxylation is 2. The molecule has 0 spiro atoms. The minimum atomic E-state index is -0.346. The van der Waals surface area contributed by atoms with E-state index in [1.54, 1.807) is 0 Å². The van der Waals surface area contributed by atoms with Crippen molar-refractivity contribution in [2.75, 3.05) is 11.9 Å². The minimum Gasteiger partial charge on any atom is -0.368 e. The van der Waals surface area contributed by atoms with E-state index in [0.29, 0.717) is 12.4 Å². The lowest BCUT2D eigenvalue weighted by molar-refractivity contribution is 0.601. The third kappa shape index (κ3) is 2.44. The van der Waals surface area contributed by atoms with Gasteiger partial charge >= 0.3 is 0 Å². The zero-order valence-electron chi connectivity index (χ0n) is 11.8. The molecule has 3 rings (SSSR count). The quantitative estimate of drug-likeness (QED) is 0.798. The summed E-state index contributed by atoms with van der Waals surface area (Å²) in [5, 5.41) is 12.5. The first-order valence-electron chi connectivity index (χ1n) is 6.52. The molecule has 0 amide bonds. The lowest BCUT2D eigenvalue weighted by atomic mass is 10.1. The molecular weight excluding hydrogens is 289 g/mol. The molecule has 108 valence electrons. The Kier molecular flexibility index (Phi) is 3.50. The van der Waals surface area contributed by atoms with Crippen LogP contribution in [0.2, 0.25) is 0 Å². The minimum absolute atomic E-state index is 0.258. The summed E-state index contributed by atoms with van der Waals surface area (Å²) in [6.07, 6.45) is 1.77. The van der Waals surface area contributed by atoms with E-state index in [1.807, 2.05) is 13.8 Å². The number of thiophene rings is 1. The fourth-order valence-corrected chi connectivity index (χ4v) is 3.22. The molecule has 0 bridgehead atoms. The summed E-state index contributed by atoms with van der Waals surface area (Å²) >= 11 is 1.49. The van der Waals surface area contributed by atoms with Gasteiger partial charge in [-0.05, 0) is 19.4 Å². The lowest BCUT2D eigenvalue weighted by Gasteiger charge is -2.04. The molecule has 5 nitrogen and oxygen atoms in total. The maximum absolute atomic E-state index is 12.7. The van der Waals surface area contributed by atoms with Crippen LogP contribution < -0.4 is 5.32 Å². The van der Waals surface area contributed by atoms with Crippen molar-refractivity contribution in [3.8, 4) is 0 Å². The SMILES string of the molecule is C=C(F)CCNc1ncnc2c1sc1nnc(C)c(C)c12. The van der Waals surface area contributed by atoms with Crippen LogP contribution in [-0.2, 0) is 0 Å². The van der Waals surface area contributed by atoms with Crippen molar-refractivity contribution in [3.63, 3.8) is 0 Å². The third-order valence-electron chi connectivity index (χ3n) is 3.35. The molecule has 0 aliphatic rings. The normalized spacial score (nSPS) is 11.2. The Balaban J connectivity index is 2.11. The highest BCUT2D eigenvalue weighted by atomic mass is 32.1. The molecule has 7 heteroatoms. The summed E-state index contributed by atoms with van der Waals surface area (Å²) in [6, 6.07) is 0. The Morgan fingerprint density at radius 3 is 2.90 bits per heavy atom. The fourth-order valence-electron chi connectivity index (χ4n) is 2.12. The van der Waals surface area contributed by atoms with Crippen LogP contribution >= 0.6 is 11.3 Å². The predicted molar refractivity (Wildman–Crippen MR) is 83.3 cm³/mol. The maximum atomic E-state index is 12.7. The van der Waals surface area contributed by atoms with Gasteiger partial charge in [0.25, 0.3) is 0 Å². The van der Waals surface area contributed by atoms with Gasteiger partial charge in [-0.3, -0.25) is 0 Å². The molecule has 3 heterocycles. The van der Waals surface area contributed by atoms with Crippen molar-refractivity contribution in [2.45, 2.75) is 20.3 Å². The average Bonchev–Trinajstić information content (AvgIpc) is 2.83. The van der Waals surface area contributed by atoms with Crippen molar-refractivity contribution in [1.29, 1.82) is 0 Å². The first kappa shape index (κ1) is 13.8. The van der Waals surface area contributed by atoms with Gasteiger partial charge in [0, 0.05) is 18.4 Å². The second kappa shape index (κ2) is 5.33. The van der Waals surface area contributed by atoms with E-state index in [4.69, 9.17) is 0 Å². The number of aromatic nitrogens is 4. The Labute approximate surface area is 124 Å². The topological polar surface area (TPSA) is 63.6 Å². The van der Waals surface area contributed by atoms with Gasteiger partial charge in [0.15, 0.2) is 0 Å². The van der Waals surface area contributed by atoms with Gasteiger partial charge in [0.05, 0.1) is 21.7 Å². The summed E-state index contributed by atoms with van der Waals surface area (Å²) in [6.45, 7) is 7.64. The van der Waals surface area contributed by atoms with Gasteiger partial charge in [-0.25, -0.2) is 14.4 Å². The van der Waals surface area contributed by atoms with Crippen LogP contribution in [0.25, 0.3) is 20.4 Å². The monoisotopic (exact) mass is 303 g/mol. The van der Waals surface area contributed by atoms with E-state index in [2.05, 4.69) is 32.1 Å². The number of fused-ring (bicyclic) bond motifs is 3. The zero-order chi connectivity index (χ0) is 15.0. The molecule has 0 aliphatic carbocycles. The molecule has 0 unspecified atom stereocenters. The average molecular weight is 303 g/mol. The Morgan fingerprint density at radius 1 is 1.33 bits per heavy atom. The van der Waals surface area contributed by atoms with Gasteiger partial charge in [-0.1, -0.05) is 6.58 Å². The zero-order valence-corrected chi connectivity index (χ0v) is 12.6. The van der Waals surface area contributed by atoms with E-state index in [-0.39, 0.29) is 12.2 Å². The van der Waals surface area contributed by atoms with Crippen molar-refractivity contribution < 1.29 is 4.39 Å². The number of anilines is 1. The summed E-state index contributed by atoms with van der Waals surface area (Å²) in [5.74, 6) is 0.350. The Hall–Kier alpha value is -2.15. The Morgan fingerprint density at radius 2 is 2.14 bits per heavy atom. The van der Waals surface area contributed by atoms with Crippen LogP contribution in [-0.4, -0.2) is 26.7 Å². The maximum Gasteiger partial charge on any atom is 0.149 e. The summed E-state index contributed by atoms with van der Waals surface area (Å²) in [4.78, 5) is 9.45. The molecule has 0 saturated carbocycles. The second-order valence-corrected chi connectivity index (χ2v) is 5.79. The smallest absolute Gasteiger partial charge is 0.149 e. The second-order valence-electron chi connectivity index (χ2n) is 4.79. The van der Waals surface area contributed by atoms with Gasteiger partial charge in [0.1, 0.15) is 17.0 Å². The van der Waals surface area contributed by atoms with E-state index in [1.165, 1.54) is 17.7 Å². The Bertz CT molecular complexity index is 842. The van der Waals surface area contributed by atoms with Gasteiger partial charge in [-0.15, -0.1) is 16.4 Å². The van der Waals surface area contributed by atoms with E-state index in [0.717, 1.165) is 31.7 Å². The summed E-state index contributed by atoms with van der Waals surface area (Å²) in [5.41, 5.74) is 2.83. The lowest BCUT2D eigenvalue weighted by Crippen LogP contribution is -2.03. The molecule has 0 radical (unpaired) electrons. The van der Waals surface area contributed by atoms with Gasteiger partial charge in [-0.2, -0.15) is 5.10 Å². The standard InChI is InChI=1S/C14H14FN5S/c1-7(15)4-5-16-13-12-11(17-6-18-13)10-8(2)9(3)19-20-14(10)21-12/h6H,1,4-5H2,2-3H3,(H,16,17,18).